The molecule has 170 valence electrons. The van der Waals surface area contributed by atoms with E-state index in [2.05, 4.69) is 33.2 Å². The first-order valence-corrected chi connectivity index (χ1v) is 12.2. The lowest BCUT2D eigenvalue weighted by Gasteiger charge is -2.19. The van der Waals surface area contributed by atoms with Crippen molar-refractivity contribution < 1.29 is 18.3 Å². The number of carbonyl (C=O) groups excluding carboxylic acids is 1. The maximum Gasteiger partial charge on any atom is 0.387 e. The van der Waals surface area contributed by atoms with Crippen molar-refractivity contribution in [2.45, 2.75) is 44.4 Å². The monoisotopic (exact) mass is 478 g/mol. The highest BCUT2D eigenvalue weighted by Gasteiger charge is 2.23. The van der Waals surface area contributed by atoms with Crippen molar-refractivity contribution in [2.24, 2.45) is 13.0 Å². The van der Waals surface area contributed by atoms with E-state index >= 15 is 0 Å². The van der Waals surface area contributed by atoms with Crippen LogP contribution in [0.1, 0.15) is 30.2 Å². The molecule has 2 aromatic heterocycles. The van der Waals surface area contributed by atoms with Crippen LogP contribution < -0.4 is 10.1 Å². The van der Waals surface area contributed by atoms with Crippen LogP contribution in [0.15, 0.2) is 35.5 Å². The Balaban J connectivity index is 1.40. The minimum absolute atomic E-state index is 0.0636. The summed E-state index contributed by atoms with van der Waals surface area (Å²) in [6.45, 7) is -0.717. The van der Waals surface area contributed by atoms with Gasteiger partial charge in [0.1, 0.15) is 5.75 Å². The highest BCUT2D eigenvalue weighted by atomic mass is 32.2. The Morgan fingerprint density at radius 3 is 2.97 bits per heavy atom. The van der Waals surface area contributed by atoms with Gasteiger partial charge in [-0.1, -0.05) is 37.2 Å². The van der Waals surface area contributed by atoms with Crippen LogP contribution >= 0.6 is 23.1 Å². The maximum absolute atomic E-state index is 12.6. The van der Waals surface area contributed by atoms with E-state index in [0.29, 0.717) is 5.16 Å². The van der Waals surface area contributed by atoms with Gasteiger partial charge in [0.05, 0.1) is 16.3 Å². The molecule has 0 spiro atoms. The van der Waals surface area contributed by atoms with Gasteiger partial charge in [-0.3, -0.25) is 4.79 Å². The molecule has 6 nitrogen and oxygen atoms in total. The number of alkyl halides is 2. The SMILES string of the molecule is CCC1CCc2sc(-c3nnc(SCC(=O)Nc4ccccc4OC(F)F)n3C)cc2C1. The van der Waals surface area contributed by atoms with Gasteiger partial charge in [-0.15, -0.1) is 21.5 Å². The molecule has 2 heterocycles. The van der Waals surface area contributed by atoms with Crippen LogP contribution in [0.2, 0.25) is 0 Å². The summed E-state index contributed by atoms with van der Waals surface area (Å²) in [5.41, 5.74) is 1.62. The second kappa shape index (κ2) is 9.99. The molecule has 10 heteroatoms. The molecule has 1 N–H and O–H groups in total. The van der Waals surface area contributed by atoms with Crippen molar-refractivity contribution in [3.8, 4) is 16.5 Å². The summed E-state index contributed by atoms with van der Waals surface area (Å²) in [7, 11) is 1.88. The highest BCUT2D eigenvalue weighted by molar-refractivity contribution is 7.99. The van der Waals surface area contributed by atoms with Crippen LogP contribution in [-0.4, -0.2) is 33.0 Å². The molecule has 1 aromatic carbocycles. The Morgan fingerprint density at radius 2 is 2.19 bits per heavy atom. The third kappa shape index (κ3) is 5.12. The molecule has 1 unspecified atom stereocenters. The predicted octanol–water partition coefficient (Wildman–Crippen LogP) is 5.39. The first-order valence-electron chi connectivity index (χ1n) is 10.4. The van der Waals surface area contributed by atoms with Gasteiger partial charge in [0.25, 0.3) is 0 Å². The summed E-state index contributed by atoms with van der Waals surface area (Å²) in [4.78, 5) is 14.9. The molecular weight excluding hydrogens is 454 g/mol. The maximum atomic E-state index is 12.6. The standard InChI is InChI=1S/C22H24F2N4O2S2/c1-3-13-8-9-17-14(10-13)11-18(32-17)20-26-27-22(28(20)2)31-12-19(29)25-15-6-4-5-7-16(15)30-21(23)24/h4-7,11,13,21H,3,8-10,12H2,1-2H3,(H,25,29). The van der Waals surface area contributed by atoms with Gasteiger partial charge >= 0.3 is 6.61 Å². The van der Waals surface area contributed by atoms with E-state index in [0.717, 1.165) is 29.5 Å². The number of rotatable bonds is 8. The lowest BCUT2D eigenvalue weighted by Crippen LogP contribution is -2.16. The van der Waals surface area contributed by atoms with E-state index in [4.69, 9.17) is 0 Å². The Labute approximate surface area is 193 Å². The zero-order valence-electron chi connectivity index (χ0n) is 17.8. The molecule has 0 saturated heterocycles. The van der Waals surface area contributed by atoms with Crippen LogP contribution in [0.4, 0.5) is 14.5 Å². The van der Waals surface area contributed by atoms with Crippen molar-refractivity contribution in [1.29, 1.82) is 0 Å². The molecular formula is C22H24F2N4O2S2. The van der Waals surface area contributed by atoms with Gasteiger partial charge < -0.3 is 14.6 Å². The van der Waals surface area contributed by atoms with E-state index in [1.54, 1.807) is 23.5 Å². The summed E-state index contributed by atoms with van der Waals surface area (Å²) in [6.07, 6.45) is 4.69. The smallest absolute Gasteiger partial charge is 0.387 e. The number of para-hydroxylation sites is 2. The Kier molecular flexibility index (Phi) is 7.10. The fraction of sp³-hybridized carbons (Fsp3) is 0.409. The van der Waals surface area contributed by atoms with E-state index in [9.17, 15) is 13.6 Å². The lowest BCUT2D eigenvalue weighted by atomic mass is 9.87. The normalized spacial score (nSPS) is 15.6. The summed E-state index contributed by atoms with van der Waals surface area (Å²) >= 11 is 3.02. The molecule has 1 aliphatic rings. The highest BCUT2D eigenvalue weighted by Crippen LogP contribution is 2.38. The zero-order chi connectivity index (χ0) is 22.7. The van der Waals surface area contributed by atoms with Gasteiger partial charge in [-0.25, -0.2) is 0 Å². The molecule has 0 radical (unpaired) electrons. The fourth-order valence-corrected chi connectivity index (χ4v) is 5.74. The number of benzene rings is 1. The number of hydrogen-bond acceptors (Lipinski definition) is 6. The molecule has 1 aliphatic carbocycles. The number of halogens is 2. The number of nitrogens with zero attached hydrogens (tertiary/aromatic N) is 3. The van der Waals surface area contributed by atoms with Crippen molar-refractivity contribution in [2.75, 3.05) is 11.1 Å². The number of thioether (sulfide) groups is 1. The molecule has 3 aromatic rings. The van der Waals surface area contributed by atoms with Crippen molar-refractivity contribution in [1.82, 2.24) is 14.8 Å². The van der Waals surface area contributed by atoms with Crippen molar-refractivity contribution in [3.63, 3.8) is 0 Å². The third-order valence-electron chi connectivity index (χ3n) is 5.53. The summed E-state index contributed by atoms with van der Waals surface area (Å²) in [5, 5.41) is 11.8. The largest absolute Gasteiger partial charge is 0.433 e. The quantitative estimate of drug-likeness (QED) is 0.440. The number of hydrogen-bond donors (Lipinski definition) is 1. The van der Waals surface area contributed by atoms with E-state index in [-0.39, 0.29) is 23.1 Å². The number of aryl methyl sites for hydroxylation is 1. The number of amides is 1. The number of aromatic nitrogens is 3. The van der Waals surface area contributed by atoms with Crippen LogP contribution in [0.25, 0.3) is 10.7 Å². The number of anilines is 1. The molecule has 0 fully saturated rings. The minimum Gasteiger partial charge on any atom is -0.433 e. The zero-order valence-corrected chi connectivity index (χ0v) is 19.4. The second-order valence-corrected chi connectivity index (χ2v) is 9.73. The molecule has 1 amide bonds. The van der Waals surface area contributed by atoms with E-state index in [1.807, 2.05) is 11.6 Å². The predicted molar refractivity (Wildman–Crippen MR) is 123 cm³/mol. The van der Waals surface area contributed by atoms with Gasteiger partial charge in [-0.2, -0.15) is 8.78 Å². The topological polar surface area (TPSA) is 69.0 Å². The van der Waals surface area contributed by atoms with Gasteiger partial charge in [-0.05, 0) is 48.9 Å². The van der Waals surface area contributed by atoms with Crippen molar-refractivity contribution >= 4 is 34.7 Å². The lowest BCUT2D eigenvalue weighted by molar-refractivity contribution is -0.113. The van der Waals surface area contributed by atoms with Crippen LogP contribution in [-0.2, 0) is 24.7 Å². The molecule has 1 atom stereocenters. The molecule has 0 bridgehead atoms. The second-order valence-electron chi connectivity index (χ2n) is 7.65. The first-order chi connectivity index (χ1) is 15.4. The summed E-state index contributed by atoms with van der Waals surface area (Å²) < 4.78 is 31.4. The summed E-state index contributed by atoms with van der Waals surface area (Å²) in [5.74, 6) is 1.19. The molecule has 0 aliphatic heterocycles. The van der Waals surface area contributed by atoms with Gasteiger partial charge in [0.15, 0.2) is 11.0 Å². The Bertz CT molecular complexity index is 1100. The number of carbonyl (C=O) groups is 1. The number of ether oxygens (including phenoxy) is 1. The Morgan fingerprint density at radius 1 is 1.38 bits per heavy atom. The van der Waals surface area contributed by atoms with Gasteiger partial charge in [0, 0.05) is 11.9 Å². The Hall–Kier alpha value is -2.46. The van der Waals surface area contributed by atoms with E-state index < -0.39 is 6.61 Å². The van der Waals surface area contributed by atoms with Crippen LogP contribution in [0, 0.1) is 5.92 Å². The minimum atomic E-state index is -2.96. The number of nitrogens with one attached hydrogen (secondary N) is 1. The number of thiophene rings is 1. The van der Waals surface area contributed by atoms with Crippen LogP contribution in [0.3, 0.4) is 0 Å². The number of fused-ring (bicyclic) bond motifs is 1. The molecule has 32 heavy (non-hydrogen) atoms. The fourth-order valence-electron chi connectivity index (χ4n) is 3.80. The van der Waals surface area contributed by atoms with Crippen LogP contribution in [0.5, 0.6) is 5.75 Å². The third-order valence-corrected chi connectivity index (χ3v) is 7.78. The van der Waals surface area contributed by atoms with E-state index in [1.165, 1.54) is 47.2 Å². The van der Waals surface area contributed by atoms with Crippen molar-refractivity contribution in [3.05, 3.63) is 40.8 Å². The average molecular weight is 479 g/mol. The molecule has 4 rings (SSSR count). The summed E-state index contributed by atoms with van der Waals surface area (Å²) in [6, 6.07) is 8.33. The molecule has 0 saturated carbocycles. The average Bonchev–Trinajstić information content (AvgIpc) is 3.35. The first kappa shape index (κ1) is 22.7. The van der Waals surface area contributed by atoms with Gasteiger partial charge in [0.2, 0.25) is 5.91 Å².